The maximum Gasteiger partial charge on any atom is 0.224 e. The van der Waals surface area contributed by atoms with Crippen molar-refractivity contribution in [2.24, 2.45) is 0 Å². The molecule has 1 fully saturated rings. The van der Waals surface area contributed by atoms with Crippen LogP contribution in [0.25, 0.3) is 0 Å². The average molecular weight is 298 g/mol. The first-order valence-corrected chi connectivity index (χ1v) is 7.30. The zero-order valence-electron chi connectivity index (χ0n) is 11.7. The standard InChI is InChI=1S/C13H20ClN5O/c1-15-13-17-9-10(14)12(18-13)16-6-5-11(20)19-7-3-2-4-8-19/h9H,2-8H2,1H3,(H2,15,16,17,18). The fraction of sp³-hybridized carbons (Fsp3) is 0.615. The molecule has 110 valence electrons. The Morgan fingerprint density at radius 3 is 2.85 bits per heavy atom. The van der Waals surface area contributed by atoms with Crippen molar-refractivity contribution < 1.29 is 4.79 Å². The van der Waals surface area contributed by atoms with Crippen LogP contribution < -0.4 is 10.6 Å². The van der Waals surface area contributed by atoms with Crippen LogP contribution in [0.2, 0.25) is 5.02 Å². The lowest BCUT2D eigenvalue weighted by Crippen LogP contribution is -2.36. The summed E-state index contributed by atoms with van der Waals surface area (Å²) in [6.45, 7) is 2.29. The Hall–Kier alpha value is -1.56. The minimum absolute atomic E-state index is 0.191. The number of carbonyl (C=O) groups is 1. The summed E-state index contributed by atoms with van der Waals surface area (Å²) >= 11 is 6.01. The first-order valence-electron chi connectivity index (χ1n) is 6.92. The van der Waals surface area contributed by atoms with Crippen molar-refractivity contribution in [3.63, 3.8) is 0 Å². The third-order valence-electron chi connectivity index (χ3n) is 3.31. The van der Waals surface area contributed by atoms with Gasteiger partial charge in [0.1, 0.15) is 10.8 Å². The molecule has 0 saturated carbocycles. The van der Waals surface area contributed by atoms with Gasteiger partial charge in [-0.2, -0.15) is 4.98 Å². The number of anilines is 2. The van der Waals surface area contributed by atoms with Crippen LogP contribution in [0.1, 0.15) is 25.7 Å². The number of piperidine rings is 1. The van der Waals surface area contributed by atoms with Crippen LogP contribution in [0.5, 0.6) is 0 Å². The number of carbonyl (C=O) groups excluding carboxylic acids is 1. The number of hydrogen-bond acceptors (Lipinski definition) is 5. The van der Waals surface area contributed by atoms with Gasteiger partial charge < -0.3 is 15.5 Å². The number of amides is 1. The highest BCUT2D eigenvalue weighted by molar-refractivity contribution is 6.32. The van der Waals surface area contributed by atoms with Crippen LogP contribution in [0.3, 0.4) is 0 Å². The topological polar surface area (TPSA) is 70.2 Å². The largest absolute Gasteiger partial charge is 0.368 e. The van der Waals surface area contributed by atoms with Gasteiger partial charge in [-0.3, -0.25) is 4.79 Å². The third-order valence-corrected chi connectivity index (χ3v) is 3.58. The Morgan fingerprint density at radius 2 is 2.15 bits per heavy atom. The first kappa shape index (κ1) is 14.8. The summed E-state index contributed by atoms with van der Waals surface area (Å²) in [7, 11) is 1.74. The van der Waals surface area contributed by atoms with E-state index in [9.17, 15) is 4.79 Å². The van der Waals surface area contributed by atoms with Crippen LogP contribution in [0.4, 0.5) is 11.8 Å². The zero-order valence-corrected chi connectivity index (χ0v) is 12.4. The van der Waals surface area contributed by atoms with Gasteiger partial charge in [-0.25, -0.2) is 4.98 Å². The van der Waals surface area contributed by atoms with E-state index < -0.39 is 0 Å². The predicted octanol–water partition coefficient (Wildman–Crippen LogP) is 1.99. The van der Waals surface area contributed by atoms with Crippen molar-refractivity contribution in [1.82, 2.24) is 14.9 Å². The van der Waals surface area contributed by atoms with E-state index in [0.717, 1.165) is 25.9 Å². The molecule has 6 nitrogen and oxygen atoms in total. The molecule has 20 heavy (non-hydrogen) atoms. The molecule has 1 amide bonds. The quantitative estimate of drug-likeness (QED) is 0.870. The highest BCUT2D eigenvalue weighted by Crippen LogP contribution is 2.19. The Morgan fingerprint density at radius 1 is 1.40 bits per heavy atom. The SMILES string of the molecule is CNc1ncc(Cl)c(NCCC(=O)N2CCCCC2)n1. The van der Waals surface area contributed by atoms with Crippen LogP contribution in [0.15, 0.2) is 6.20 Å². The van der Waals surface area contributed by atoms with Gasteiger partial charge in [0.2, 0.25) is 11.9 Å². The molecule has 1 saturated heterocycles. The van der Waals surface area contributed by atoms with Gasteiger partial charge in [-0.05, 0) is 19.3 Å². The monoisotopic (exact) mass is 297 g/mol. The summed E-state index contributed by atoms with van der Waals surface area (Å²) in [5.41, 5.74) is 0. The van der Waals surface area contributed by atoms with Gasteiger partial charge in [0.05, 0.1) is 6.20 Å². The molecular weight excluding hydrogens is 278 g/mol. The summed E-state index contributed by atoms with van der Waals surface area (Å²) < 4.78 is 0. The first-order chi connectivity index (χ1) is 9.70. The van der Waals surface area contributed by atoms with E-state index in [4.69, 9.17) is 11.6 Å². The van der Waals surface area contributed by atoms with Crippen LogP contribution in [0, 0.1) is 0 Å². The molecule has 2 N–H and O–H groups in total. The zero-order chi connectivity index (χ0) is 14.4. The summed E-state index contributed by atoms with van der Waals surface area (Å²) in [6, 6.07) is 0. The lowest BCUT2D eigenvalue weighted by atomic mass is 10.1. The second-order valence-corrected chi connectivity index (χ2v) is 5.17. The molecule has 1 aliphatic heterocycles. The van der Waals surface area contributed by atoms with Crippen LogP contribution >= 0.6 is 11.6 Å². The Labute approximate surface area is 123 Å². The minimum atomic E-state index is 0.191. The Balaban J connectivity index is 1.81. The molecule has 7 heteroatoms. The summed E-state index contributed by atoms with van der Waals surface area (Å²) in [5, 5.41) is 6.39. The molecule has 2 rings (SSSR count). The van der Waals surface area contributed by atoms with Gasteiger partial charge in [-0.15, -0.1) is 0 Å². The van der Waals surface area contributed by atoms with Gasteiger partial charge in [0.15, 0.2) is 0 Å². The molecule has 0 spiro atoms. The summed E-state index contributed by atoms with van der Waals surface area (Å²) in [4.78, 5) is 22.2. The highest BCUT2D eigenvalue weighted by atomic mass is 35.5. The molecule has 1 aromatic heterocycles. The average Bonchev–Trinajstić information content (AvgIpc) is 2.50. The number of halogens is 1. The molecule has 0 aliphatic carbocycles. The van der Waals surface area contributed by atoms with Crippen molar-refractivity contribution in [1.29, 1.82) is 0 Å². The minimum Gasteiger partial charge on any atom is -0.368 e. The van der Waals surface area contributed by atoms with Crippen molar-refractivity contribution >= 4 is 29.3 Å². The molecule has 0 atom stereocenters. The number of rotatable bonds is 5. The second kappa shape index (κ2) is 7.28. The van der Waals surface area contributed by atoms with Crippen LogP contribution in [-0.2, 0) is 4.79 Å². The molecular formula is C13H20ClN5O. The fourth-order valence-corrected chi connectivity index (χ4v) is 2.36. The van der Waals surface area contributed by atoms with Crippen molar-refractivity contribution in [2.45, 2.75) is 25.7 Å². The maximum absolute atomic E-state index is 12.0. The number of likely N-dealkylation sites (tertiary alicyclic amines) is 1. The van der Waals surface area contributed by atoms with E-state index in [2.05, 4.69) is 20.6 Å². The van der Waals surface area contributed by atoms with E-state index in [0.29, 0.717) is 29.8 Å². The lowest BCUT2D eigenvalue weighted by Gasteiger charge is -2.26. The maximum atomic E-state index is 12.0. The van der Waals surface area contributed by atoms with Gasteiger partial charge in [0.25, 0.3) is 0 Å². The van der Waals surface area contributed by atoms with E-state index in [1.807, 2.05) is 4.90 Å². The number of nitrogens with zero attached hydrogens (tertiary/aromatic N) is 3. The molecule has 0 unspecified atom stereocenters. The summed E-state index contributed by atoms with van der Waals surface area (Å²) in [5.74, 6) is 1.24. The molecule has 0 radical (unpaired) electrons. The molecule has 0 bridgehead atoms. The van der Waals surface area contributed by atoms with E-state index in [1.165, 1.54) is 12.6 Å². The Bertz CT molecular complexity index is 462. The summed E-state index contributed by atoms with van der Waals surface area (Å²) in [6.07, 6.45) is 5.45. The number of hydrogen-bond donors (Lipinski definition) is 2. The Kier molecular flexibility index (Phi) is 5.40. The molecule has 1 aliphatic rings. The van der Waals surface area contributed by atoms with Crippen molar-refractivity contribution in [2.75, 3.05) is 37.3 Å². The van der Waals surface area contributed by atoms with E-state index in [1.54, 1.807) is 7.05 Å². The normalized spacial score (nSPS) is 15.0. The highest BCUT2D eigenvalue weighted by Gasteiger charge is 2.16. The fourth-order valence-electron chi connectivity index (χ4n) is 2.20. The molecule has 0 aromatic carbocycles. The lowest BCUT2D eigenvalue weighted by molar-refractivity contribution is -0.131. The van der Waals surface area contributed by atoms with Gasteiger partial charge in [-0.1, -0.05) is 11.6 Å². The van der Waals surface area contributed by atoms with E-state index in [-0.39, 0.29) is 5.91 Å². The molecule has 2 heterocycles. The van der Waals surface area contributed by atoms with E-state index >= 15 is 0 Å². The smallest absolute Gasteiger partial charge is 0.224 e. The van der Waals surface area contributed by atoms with Crippen molar-refractivity contribution in [3.8, 4) is 0 Å². The predicted molar refractivity (Wildman–Crippen MR) is 80.1 cm³/mol. The number of aromatic nitrogens is 2. The van der Waals surface area contributed by atoms with Gasteiger partial charge >= 0.3 is 0 Å². The van der Waals surface area contributed by atoms with Gasteiger partial charge in [0, 0.05) is 33.1 Å². The third kappa shape index (κ3) is 3.96. The van der Waals surface area contributed by atoms with Crippen molar-refractivity contribution in [3.05, 3.63) is 11.2 Å². The molecule has 1 aromatic rings. The number of nitrogens with one attached hydrogen (secondary N) is 2. The van der Waals surface area contributed by atoms with Crippen LogP contribution in [-0.4, -0.2) is 47.5 Å². The second-order valence-electron chi connectivity index (χ2n) is 4.76.